The van der Waals surface area contributed by atoms with Crippen LogP contribution in [0.1, 0.15) is 42.5 Å². The van der Waals surface area contributed by atoms with Gasteiger partial charge in [0.2, 0.25) is 0 Å². The van der Waals surface area contributed by atoms with E-state index in [-0.39, 0.29) is 6.61 Å². The van der Waals surface area contributed by atoms with Gasteiger partial charge in [0.1, 0.15) is 0 Å². The summed E-state index contributed by atoms with van der Waals surface area (Å²) in [5.74, 6) is 2.39. The molecule has 0 radical (unpaired) electrons. The Hall–Kier alpha value is -1.32. The molecule has 22 heavy (non-hydrogen) atoms. The molecular weight excluding hydrogens is 272 g/mol. The van der Waals surface area contributed by atoms with Crippen LogP contribution in [0.2, 0.25) is 0 Å². The van der Waals surface area contributed by atoms with Crippen molar-refractivity contribution in [3.8, 4) is 0 Å². The topological polar surface area (TPSA) is 39.3 Å². The number of aromatic nitrogens is 1. The number of H-pyrrole nitrogens is 1. The highest BCUT2D eigenvalue weighted by molar-refractivity contribution is 5.85. The number of aromatic amines is 1. The lowest BCUT2D eigenvalue weighted by molar-refractivity contribution is -0.00516. The van der Waals surface area contributed by atoms with Gasteiger partial charge in [-0.25, -0.2) is 0 Å². The third-order valence-corrected chi connectivity index (χ3v) is 6.41. The van der Waals surface area contributed by atoms with Crippen molar-refractivity contribution in [2.75, 3.05) is 13.1 Å². The summed E-state index contributed by atoms with van der Waals surface area (Å²) in [4.78, 5) is 6.53. The molecule has 4 aliphatic rings. The molecule has 0 amide bonds. The molecule has 1 saturated carbocycles. The first-order valence-corrected chi connectivity index (χ1v) is 8.73. The highest BCUT2D eigenvalue weighted by Gasteiger charge is 2.47. The second-order valence-corrected chi connectivity index (χ2v) is 7.71. The van der Waals surface area contributed by atoms with Gasteiger partial charge in [0.05, 0.1) is 6.61 Å². The van der Waals surface area contributed by atoms with E-state index in [0.29, 0.717) is 5.92 Å². The predicted molar refractivity (Wildman–Crippen MR) is 87.9 cm³/mol. The molecule has 116 valence electrons. The fourth-order valence-electron chi connectivity index (χ4n) is 5.66. The molecule has 3 unspecified atom stereocenters. The van der Waals surface area contributed by atoms with Crippen LogP contribution in [-0.4, -0.2) is 34.1 Å². The minimum Gasteiger partial charge on any atom is -0.392 e. The lowest BCUT2D eigenvalue weighted by atomic mass is 9.67. The summed E-state index contributed by atoms with van der Waals surface area (Å²) in [5.41, 5.74) is 5.31. The molecule has 2 aromatic rings. The van der Waals surface area contributed by atoms with Gasteiger partial charge in [-0.05, 0) is 54.4 Å². The summed E-state index contributed by atoms with van der Waals surface area (Å²) in [6, 6.07) is 7.12. The van der Waals surface area contributed by atoms with Crippen LogP contribution in [0.15, 0.2) is 18.2 Å². The maximum Gasteiger partial charge on any atom is 0.0682 e. The van der Waals surface area contributed by atoms with Crippen molar-refractivity contribution in [3.05, 3.63) is 35.0 Å². The number of nitrogens with zero attached hydrogens (tertiary/aromatic N) is 1. The highest BCUT2D eigenvalue weighted by atomic mass is 16.3. The summed E-state index contributed by atoms with van der Waals surface area (Å²) in [7, 11) is 0. The van der Waals surface area contributed by atoms with Crippen LogP contribution in [0.4, 0.5) is 0 Å². The molecule has 1 aliphatic carbocycles. The van der Waals surface area contributed by atoms with Gasteiger partial charge in [-0.3, -0.25) is 4.90 Å². The summed E-state index contributed by atoms with van der Waals surface area (Å²) in [6.45, 7) is 5.10. The van der Waals surface area contributed by atoms with Crippen molar-refractivity contribution in [1.29, 1.82) is 0 Å². The zero-order valence-electron chi connectivity index (χ0n) is 13.2. The highest BCUT2D eigenvalue weighted by Crippen LogP contribution is 2.50. The standard InChI is InChI=1S/C19H24N2O/c1-11-6-13-8-16-18-14(4-5-21(9-13)19(11)16)15-7-12(10-22)2-3-17(15)20-18/h2-3,7,11,13,16,19-20,22H,4-6,8-10H2,1H3/t11?,13-,16-,19?/m0/s1. The molecule has 3 nitrogen and oxygen atoms in total. The quantitative estimate of drug-likeness (QED) is 0.849. The monoisotopic (exact) mass is 296 g/mol. The average Bonchev–Trinajstić information content (AvgIpc) is 2.84. The van der Waals surface area contributed by atoms with Crippen LogP contribution in [-0.2, 0) is 13.0 Å². The van der Waals surface area contributed by atoms with Gasteiger partial charge in [-0.1, -0.05) is 13.0 Å². The van der Waals surface area contributed by atoms with Gasteiger partial charge in [0, 0.05) is 41.6 Å². The Balaban J connectivity index is 1.69. The maximum atomic E-state index is 9.45. The van der Waals surface area contributed by atoms with E-state index in [1.807, 2.05) is 6.07 Å². The van der Waals surface area contributed by atoms with Gasteiger partial charge in [-0.2, -0.15) is 0 Å². The van der Waals surface area contributed by atoms with E-state index in [9.17, 15) is 5.11 Å². The predicted octanol–water partition coefficient (Wildman–Crippen LogP) is 3.03. The molecule has 2 N–H and O–H groups in total. The summed E-state index contributed by atoms with van der Waals surface area (Å²) in [5, 5.41) is 10.8. The molecule has 0 spiro atoms. The number of hydrogen-bond acceptors (Lipinski definition) is 2. The van der Waals surface area contributed by atoms with Crippen molar-refractivity contribution in [2.45, 2.75) is 44.8 Å². The van der Waals surface area contributed by atoms with Crippen molar-refractivity contribution in [3.63, 3.8) is 0 Å². The third kappa shape index (κ3) is 1.70. The van der Waals surface area contributed by atoms with Crippen LogP contribution in [0.25, 0.3) is 10.9 Å². The molecule has 4 bridgehead atoms. The smallest absolute Gasteiger partial charge is 0.0682 e. The van der Waals surface area contributed by atoms with E-state index in [1.54, 1.807) is 0 Å². The van der Waals surface area contributed by atoms with Crippen LogP contribution < -0.4 is 0 Å². The fourth-order valence-corrected chi connectivity index (χ4v) is 5.66. The second-order valence-electron chi connectivity index (χ2n) is 7.71. The largest absolute Gasteiger partial charge is 0.392 e. The van der Waals surface area contributed by atoms with Gasteiger partial charge >= 0.3 is 0 Å². The number of aliphatic hydroxyl groups excluding tert-OH is 1. The van der Waals surface area contributed by atoms with Crippen LogP contribution in [0, 0.1) is 11.8 Å². The number of fused-ring (bicyclic) bond motifs is 4. The molecule has 2 saturated heterocycles. The first kappa shape index (κ1) is 13.1. The van der Waals surface area contributed by atoms with Crippen molar-refractivity contribution < 1.29 is 5.11 Å². The van der Waals surface area contributed by atoms with Gasteiger partial charge in [0.15, 0.2) is 0 Å². The Labute approximate surface area is 131 Å². The molecule has 3 heteroatoms. The van der Waals surface area contributed by atoms with Crippen LogP contribution in [0.5, 0.6) is 0 Å². The Morgan fingerprint density at radius 2 is 2.23 bits per heavy atom. The fraction of sp³-hybridized carbons (Fsp3) is 0.579. The van der Waals surface area contributed by atoms with Gasteiger partial charge in [0.25, 0.3) is 0 Å². The molecule has 1 aromatic heterocycles. The van der Waals surface area contributed by atoms with Gasteiger partial charge < -0.3 is 10.1 Å². The zero-order chi connectivity index (χ0) is 14.8. The number of benzene rings is 1. The number of rotatable bonds is 1. The minimum atomic E-state index is 0.132. The molecular formula is C19H24N2O. The van der Waals surface area contributed by atoms with Gasteiger partial charge in [-0.15, -0.1) is 0 Å². The minimum absolute atomic E-state index is 0.132. The summed E-state index contributed by atoms with van der Waals surface area (Å²) >= 11 is 0. The van der Waals surface area contributed by atoms with E-state index in [1.165, 1.54) is 48.1 Å². The van der Waals surface area contributed by atoms with E-state index in [0.717, 1.165) is 29.9 Å². The van der Waals surface area contributed by atoms with E-state index < -0.39 is 0 Å². The van der Waals surface area contributed by atoms with Crippen LogP contribution >= 0.6 is 0 Å². The first-order chi connectivity index (χ1) is 10.7. The second kappa shape index (κ2) is 4.59. The maximum absolute atomic E-state index is 9.45. The van der Waals surface area contributed by atoms with Crippen molar-refractivity contribution in [1.82, 2.24) is 9.88 Å². The lowest BCUT2D eigenvalue weighted by Crippen LogP contribution is -2.55. The Bertz CT molecular complexity index is 734. The molecule has 3 fully saturated rings. The van der Waals surface area contributed by atoms with E-state index in [2.05, 4.69) is 28.9 Å². The lowest BCUT2D eigenvalue weighted by Gasteiger charge is -2.52. The molecule has 5 atom stereocenters. The Morgan fingerprint density at radius 3 is 3.05 bits per heavy atom. The molecule has 4 heterocycles. The van der Waals surface area contributed by atoms with E-state index >= 15 is 0 Å². The Morgan fingerprint density at radius 1 is 1.32 bits per heavy atom. The third-order valence-electron chi connectivity index (χ3n) is 6.41. The normalized spacial score (nSPS) is 36.4. The van der Waals surface area contributed by atoms with E-state index in [4.69, 9.17) is 0 Å². The average molecular weight is 296 g/mol. The zero-order valence-corrected chi connectivity index (χ0v) is 13.2. The number of piperidine rings is 2. The van der Waals surface area contributed by atoms with Crippen molar-refractivity contribution in [2.24, 2.45) is 11.8 Å². The first-order valence-electron chi connectivity index (χ1n) is 8.73. The SMILES string of the molecule is CC1C[C@H]2C[C@H]3c4[nH]c5ccc(CO)cc5c4CCN(C2)C13. The Kier molecular flexibility index (Phi) is 2.74. The molecule has 3 aliphatic heterocycles. The summed E-state index contributed by atoms with van der Waals surface area (Å²) < 4.78 is 0. The number of aliphatic hydroxyl groups is 1. The van der Waals surface area contributed by atoms with Crippen molar-refractivity contribution >= 4 is 10.9 Å². The molecule has 6 rings (SSSR count). The summed E-state index contributed by atoms with van der Waals surface area (Å²) in [6.07, 6.45) is 3.93. The molecule has 1 aromatic carbocycles. The van der Waals surface area contributed by atoms with Crippen LogP contribution in [0.3, 0.4) is 0 Å². The number of nitrogens with one attached hydrogen (secondary N) is 1. The number of hydrogen-bond donors (Lipinski definition) is 2.